The van der Waals surface area contributed by atoms with Gasteiger partial charge in [-0.25, -0.2) is 4.68 Å². The first kappa shape index (κ1) is 21.1. The van der Waals surface area contributed by atoms with Crippen LogP contribution in [0.15, 0.2) is 59.4 Å². The standard InChI is InChI=1S/C27H28N4O3/c32-24(28-29-26(34)27-13-18-10-19(14-27)12-20(11-18)15-27)23-21-8-4-5-9-22(21)25(33)31(30-23)16-17-6-2-1-3-7-17/h1-9,18-20H,10-16H2,(H,28,32)(H,29,34). The van der Waals surface area contributed by atoms with E-state index >= 15 is 0 Å². The Kier molecular flexibility index (Phi) is 5.01. The molecule has 4 aliphatic rings. The summed E-state index contributed by atoms with van der Waals surface area (Å²) in [5.74, 6) is 1.32. The lowest BCUT2D eigenvalue weighted by molar-refractivity contribution is -0.147. The maximum Gasteiger partial charge on any atom is 0.290 e. The number of aromatic nitrogens is 2. The molecule has 2 aromatic carbocycles. The van der Waals surface area contributed by atoms with Crippen molar-refractivity contribution >= 4 is 22.6 Å². The van der Waals surface area contributed by atoms with Crippen molar-refractivity contribution in [1.29, 1.82) is 0 Å². The Morgan fingerprint density at radius 2 is 1.44 bits per heavy atom. The average Bonchev–Trinajstić information content (AvgIpc) is 2.84. The number of nitrogens with one attached hydrogen (secondary N) is 2. The maximum atomic E-state index is 13.3. The molecule has 34 heavy (non-hydrogen) atoms. The monoisotopic (exact) mass is 456 g/mol. The molecule has 0 atom stereocenters. The van der Waals surface area contributed by atoms with E-state index in [-0.39, 0.29) is 29.1 Å². The van der Waals surface area contributed by atoms with Crippen molar-refractivity contribution < 1.29 is 9.59 Å². The van der Waals surface area contributed by atoms with Crippen molar-refractivity contribution in [1.82, 2.24) is 20.6 Å². The lowest BCUT2D eigenvalue weighted by Crippen LogP contribution is -2.56. The van der Waals surface area contributed by atoms with E-state index in [9.17, 15) is 14.4 Å². The minimum atomic E-state index is -0.518. The van der Waals surface area contributed by atoms with Crippen molar-refractivity contribution in [2.45, 2.75) is 45.1 Å². The highest BCUT2D eigenvalue weighted by Crippen LogP contribution is 2.60. The quantitative estimate of drug-likeness (QED) is 0.589. The first-order chi connectivity index (χ1) is 16.5. The number of amides is 2. The van der Waals surface area contributed by atoms with E-state index in [1.807, 2.05) is 30.3 Å². The molecule has 2 N–H and O–H groups in total. The van der Waals surface area contributed by atoms with Crippen molar-refractivity contribution in [3.8, 4) is 0 Å². The third-order valence-electron chi connectivity index (χ3n) is 8.07. The van der Waals surface area contributed by atoms with E-state index < -0.39 is 5.91 Å². The van der Waals surface area contributed by atoms with Gasteiger partial charge in [0, 0.05) is 5.39 Å². The van der Waals surface area contributed by atoms with Gasteiger partial charge in [-0.1, -0.05) is 48.5 Å². The predicted molar refractivity (Wildman–Crippen MR) is 128 cm³/mol. The van der Waals surface area contributed by atoms with Crippen LogP contribution in [0.4, 0.5) is 0 Å². The van der Waals surface area contributed by atoms with Crippen LogP contribution in [-0.4, -0.2) is 21.6 Å². The molecule has 0 spiro atoms. The predicted octanol–water partition coefficient (Wildman–Crippen LogP) is 3.42. The number of fused-ring (bicyclic) bond motifs is 1. The molecule has 2 amide bonds. The SMILES string of the molecule is O=C(NNC(=O)C12CC3CC(CC(C3)C1)C2)c1nn(Cc2ccccc2)c(=O)c2ccccc12. The summed E-state index contributed by atoms with van der Waals surface area (Å²) in [5, 5.41) is 5.30. The summed E-state index contributed by atoms with van der Waals surface area (Å²) in [6.07, 6.45) is 6.50. The van der Waals surface area contributed by atoms with E-state index in [0.717, 1.165) is 24.8 Å². The molecule has 4 fully saturated rings. The number of carbonyl (C=O) groups excluding carboxylic acids is 2. The average molecular weight is 457 g/mol. The molecular weight excluding hydrogens is 428 g/mol. The summed E-state index contributed by atoms with van der Waals surface area (Å²) >= 11 is 0. The molecule has 4 aliphatic carbocycles. The molecular formula is C27H28N4O3. The molecule has 4 saturated carbocycles. The molecule has 7 heteroatoms. The van der Waals surface area contributed by atoms with E-state index in [2.05, 4.69) is 16.0 Å². The molecule has 0 radical (unpaired) electrons. The molecule has 1 aromatic heterocycles. The molecule has 7 nitrogen and oxygen atoms in total. The van der Waals surface area contributed by atoms with E-state index in [4.69, 9.17) is 0 Å². The Labute approximate surface area is 197 Å². The highest BCUT2D eigenvalue weighted by molar-refractivity contribution is 6.05. The molecule has 0 unspecified atom stereocenters. The summed E-state index contributed by atoms with van der Waals surface area (Å²) in [4.78, 5) is 39.5. The molecule has 0 aliphatic heterocycles. The molecule has 1 heterocycles. The second kappa shape index (κ2) is 8.08. The van der Waals surface area contributed by atoms with Crippen LogP contribution in [0.25, 0.3) is 10.8 Å². The van der Waals surface area contributed by atoms with Crippen LogP contribution in [0.2, 0.25) is 0 Å². The van der Waals surface area contributed by atoms with Crippen LogP contribution in [0.5, 0.6) is 0 Å². The molecule has 0 saturated heterocycles. The van der Waals surface area contributed by atoms with Gasteiger partial charge in [0.1, 0.15) is 0 Å². The van der Waals surface area contributed by atoms with Crippen LogP contribution in [-0.2, 0) is 11.3 Å². The Morgan fingerprint density at radius 1 is 0.853 bits per heavy atom. The highest BCUT2D eigenvalue weighted by Gasteiger charge is 2.54. The van der Waals surface area contributed by atoms with E-state index in [1.165, 1.54) is 23.9 Å². The number of carbonyl (C=O) groups is 2. The Morgan fingerprint density at radius 3 is 2.09 bits per heavy atom. The van der Waals surface area contributed by atoms with Gasteiger partial charge in [-0.2, -0.15) is 5.10 Å². The number of rotatable bonds is 4. The molecule has 3 aromatic rings. The van der Waals surface area contributed by atoms with Crippen LogP contribution >= 0.6 is 0 Å². The zero-order chi connectivity index (χ0) is 23.3. The summed E-state index contributed by atoms with van der Waals surface area (Å²) in [5.41, 5.74) is 5.75. The normalized spacial score (nSPS) is 27.0. The second-order valence-electron chi connectivity index (χ2n) is 10.4. The van der Waals surface area contributed by atoms with Crippen molar-refractivity contribution in [2.24, 2.45) is 23.2 Å². The van der Waals surface area contributed by atoms with Crippen molar-refractivity contribution in [3.05, 3.63) is 76.2 Å². The fourth-order valence-electron chi connectivity index (χ4n) is 6.96. The highest BCUT2D eigenvalue weighted by atomic mass is 16.2. The van der Waals surface area contributed by atoms with Gasteiger partial charge in [-0.3, -0.25) is 25.2 Å². The number of hydrazine groups is 1. The van der Waals surface area contributed by atoms with Gasteiger partial charge in [0.05, 0.1) is 17.3 Å². The molecule has 4 bridgehead atoms. The minimum absolute atomic E-state index is 0.0816. The van der Waals surface area contributed by atoms with Gasteiger partial charge in [-0.05, 0) is 67.9 Å². The van der Waals surface area contributed by atoms with Crippen molar-refractivity contribution in [2.75, 3.05) is 0 Å². The van der Waals surface area contributed by atoms with Gasteiger partial charge in [0.2, 0.25) is 5.91 Å². The second-order valence-corrected chi connectivity index (χ2v) is 10.4. The van der Waals surface area contributed by atoms with Crippen LogP contribution in [0.3, 0.4) is 0 Å². The Balaban J connectivity index is 1.26. The van der Waals surface area contributed by atoms with E-state index in [1.54, 1.807) is 24.3 Å². The maximum absolute atomic E-state index is 13.3. The first-order valence-electron chi connectivity index (χ1n) is 12.2. The molecule has 174 valence electrons. The van der Waals surface area contributed by atoms with Crippen molar-refractivity contribution in [3.63, 3.8) is 0 Å². The summed E-state index contributed by atoms with van der Waals surface area (Å²) in [6.45, 7) is 0.254. The third-order valence-corrected chi connectivity index (χ3v) is 8.07. The largest absolute Gasteiger partial charge is 0.290 e. The number of nitrogens with zero attached hydrogens (tertiary/aromatic N) is 2. The van der Waals surface area contributed by atoms with Gasteiger partial charge in [0.25, 0.3) is 11.5 Å². The van der Waals surface area contributed by atoms with Gasteiger partial charge in [-0.15, -0.1) is 0 Å². The van der Waals surface area contributed by atoms with Gasteiger partial charge >= 0.3 is 0 Å². The number of hydrogen-bond acceptors (Lipinski definition) is 4. The van der Waals surface area contributed by atoms with Gasteiger partial charge in [0.15, 0.2) is 5.69 Å². The summed E-state index contributed by atoms with van der Waals surface area (Å²) in [7, 11) is 0. The smallest absolute Gasteiger partial charge is 0.273 e. The third kappa shape index (κ3) is 3.59. The summed E-state index contributed by atoms with van der Waals surface area (Å²) < 4.78 is 1.31. The number of hydrogen-bond donors (Lipinski definition) is 2. The first-order valence-corrected chi connectivity index (χ1v) is 12.2. The summed E-state index contributed by atoms with van der Waals surface area (Å²) in [6, 6.07) is 16.5. The van der Waals surface area contributed by atoms with Crippen LogP contribution < -0.4 is 16.4 Å². The van der Waals surface area contributed by atoms with Crippen LogP contribution in [0.1, 0.15) is 54.6 Å². The Bertz CT molecular complexity index is 1300. The molecule has 7 rings (SSSR count). The number of benzene rings is 2. The fraction of sp³-hybridized carbons (Fsp3) is 0.407. The lowest BCUT2D eigenvalue weighted by atomic mass is 9.49. The van der Waals surface area contributed by atoms with E-state index in [0.29, 0.717) is 28.5 Å². The van der Waals surface area contributed by atoms with Crippen LogP contribution in [0, 0.1) is 23.2 Å². The fourth-order valence-corrected chi connectivity index (χ4v) is 6.96. The zero-order valence-corrected chi connectivity index (χ0v) is 19.0. The lowest BCUT2D eigenvalue weighted by Gasteiger charge is -2.55. The zero-order valence-electron chi connectivity index (χ0n) is 19.0. The topological polar surface area (TPSA) is 93.1 Å². The minimum Gasteiger partial charge on any atom is -0.273 e. The van der Waals surface area contributed by atoms with Gasteiger partial charge < -0.3 is 0 Å². The Hall–Kier alpha value is -3.48.